The third-order valence-corrected chi connectivity index (χ3v) is 8.06. The highest BCUT2D eigenvalue weighted by Gasteiger charge is 2.35. The minimum absolute atomic E-state index is 0.187. The van der Waals surface area contributed by atoms with Gasteiger partial charge in [0.15, 0.2) is 6.10 Å². The molecule has 2 unspecified atom stereocenters. The van der Waals surface area contributed by atoms with E-state index in [0.717, 1.165) is 32.3 Å². The lowest BCUT2D eigenvalue weighted by Gasteiger charge is -2.27. The van der Waals surface area contributed by atoms with Crippen LogP contribution in [0.15, 0.2) is 0 Å². The molecule has 0 aromatic rings. The summed E-state index contributed by atoms with van der Waals surface area (Å²) in [6.45, 7) is 6.65. The van der Waals surface area contributed by atoms with E-state index in [-0.39, 0.29) is 11.8 Å². The molecule has 0 heterocycles. The molecule has 256 valence electrons. The molecule has 0 bridgehead atoms. The van der Waals surface area contributed by atoms with Crippen LogP contribution in [0.5, 0.6) is 0 Å². The van der Waals surface area contributed by atoms with Gasteiger partial charge in [0.2, 0.25) is 5.91 Å². The molecular weight excluding hydrogens is 552 g/mol. The molecule has 0 fully saturated rings. The number of rotatable bonds is 30. The second kappa shape index (κ2) is 28.2. The van der Waals surface area contributed by atoms with Gasteiger partial charge >= 0.3 is 0 Å². The van der Waals surface area contributed by atoms with Crippen LogP contribution in [0.4, 0.5) is 0 Å². The zero-order valence-corrected chi connectivity index (χ0v) is 27.5. The Morgan fingerprint density at radius 3 is 1.58 bits per heavy atom. The maximum absolute atomic E-state index is 12.9. The number of aliphatic hydroxyl groups is 5. The number of nitrogens with one attached hydrogen (secondary N) is 2. The summed E-state index contributed by atoms with van der Waals surface area (Å²) in [5.41, 5.74) is 0. The number of carbonyl (C=O) groups is 2. The number of unbranched alkanes of at least 4 members (excludes halogenated alkanes) is 13. The van der Waals surface area contributed by atoms with Crippen LogP contribution in [0.25, 0.3) is 0 Å². The number of aliphatic hydroxyl groups excluding tert-OH is 5. The van der Waals surface area contributed by atoms with Crippen molar-refractivity contribution < 1.29 is 39.9 Å². The SMILES string of the molecule is CCCCCCCCCCCCCCCOCCCCC(CCC)C(=O)NC(CC)NC(=O)[C@H](O)[C@@H](O)[C@H](O)[C@H](O)CO. The molecule has 7 N–H and O–H groups in total. The van der Waals surface area contributed by atoms with E-state index < -0.39 is 43.1 Å². The number of ether oxygens (including phenoxy) is 1. The normalized spacial score (nSPS) is 15.8. The van der Waals surface area contributed by atoms with Crippen LogP contribution in [0, 0.1) is 5.92 Å². The minimum Gasteiger partial charge on any atom is -0.394 e. The van der Waals surface area contributed by atoms with E-state index in [0.29, 0.717) is 25.9 Å². The van der Waals surface area contributed by atoms with Crippen molar-refractivity contribution in [3.8, 4) is 0 Å². The third-order valence-electron chi connectivity index (χ3n) is 8.06. The van der Waals surface area contributed by atoms with Gasteiger partial charge in [-0.05, 0) is 32.1 Å². The van der Waals surface area contributed by atoms with Crippen LogP contribution in [0.1, 0.15) is 143 Å². The van der Waals surface area contributed by atoms with Gasteiger partial charge in [-0.1, -0.05) is 111 Å². The van der Waals surface area contributed by atoms with Crippen molar-refractivity contribution in [2.75, 3.05) is 19.8 Å². The van der Waals surface area contributed by atoms with E-state index in [2.05, 4.69) is 17.6 Å². The molecule has 0 saturated heterocycles. The van der Waals surface area contributed by atoms with Crippen LogP contribution >= 0.6 is 0 Å². The maximum Gasteiger partial charge on any atom is 0.253 e. The first-order valence-electron chi connectivity index (χ1n) is 17.2. The quantitative estimate of drug-likeness (QED) is 0.0467. The Labute approximate surface area is 261 Å². The molecule has 0 radical (unpaired) electrons. The molecule has 0 aliphatic heterocycles. The smallest absolute Gasteiger partial charge is 0.253 e. The largest absolute Gasteiger partial charge is 0.394 e. The summed E-state index contributed by atoms with van der Waals surface area (Å²) in [6.07, 6.45) is 13.2. The molecule has 0 spiro atoms. The minimum atomic E-state index is -2.05. The van der Waals surface area contributed by atoms with Gasteiger partial charge in [-0.3, -0.25) is 9.59 Å². The topological polar surface area (TPSA) is 169 Å². The Hall–Kier alpha value is -1.30. The summed E-state index contributed by atoms with van der Waals surface area (Å²) >= 11 is 0. The molecular formula is C33H66N2O8. The van der Waals surface area contributed by atoms with E-state index in [4.69, 9.17) is 9.84 Å². The van der Waals surface area contributed by atoms with Crippen molar-refractivity contribution in [3.05, 3.63) is 0 Å². The average molecular weight is 619 g/mol. The van der Waals surface area contributed by atoms with E-state index in [1.54, 1.807) is 6.92 Å². The Kier molecular flexibility index (Phi) is 27.3. The highest BCUT2D eigenvalue weighted by atomic mass is 16.5. The molecule has 0 saturated carbocycles. The second-order valence-electron chi connectivity index (χ2n) is 12.0. The zero-order valence-electron chi connectivity index (χ0n) is 27.5. The average Bonchev–Trinajstić information content (AvgIpc) is 3.01. The van der Waals surface area contributed by atoms with Gasteiger partial charge in [0.1, 0.15) is 24.5 Å². The lowest BCUT2D eigenvalue weighted by Crippen LogP contribution is -2.56. The van der Waals surface area contributed by atoms with Crippen molar-refractivity contribution in [3.63, 3.8) is 0 Å². The Balaban J connectivity index is 4.09. The predicted octanol–water partition coefficient (Wildman–Crippen LogP) is 4.09. The summed E-state index contributed by atoms with van der Waals surface area (Å²) in [7, 11) is 0. The maximum atomic E-state index is 12.9. The van der Waals surface area contributed by atoms with Crippen LogP contribution in [0.3, 0.4) is 0 Å². The second-order valence-corrected chi connectivity index (χ2v) is 12.0. The standard InChI is InChI=1S/C33H66N2O8/c1-4-7-8-9-10-11-12-13-14-15-16-17-19-23-43-24-20-18-22-26(21-5-2)32(41)34-28(6-3)35-33(42)31(40)30(39)29(38)27(37)25-36/h26-31,36-40H,4-25H2,1-3H3,(H,34,41)(H,35,42)/t26?,27-,28?,29-,30+,31-/m1/s1. The molecule has 2 amide bonds. The van der Waals surface area contributed by atoms with Gasteiger partial charge in [-0.15, -0.1) is 0 Å². The highest BCUT2D eigenvalue weighted by Crippen LogP contribution is 2.16. The van der Waals surface area contributed by atoms with E-state index in [9.17, 15) is 30.0 Å². The van der Waals surface area contributed by atoms with E-state index in [1.807, 2.05) is 6.92 Å². The summed E-state index contributed by atoms with van der Waals surface area (Å²) < 4.78 is 5.80. The zero-order chi connectivity index (χ0) is 32.3. The third kappa shape index (κ3) is 21.1. The van der Waals surface area contributed by atoms with Gasteiger partial charge < -0.3 is 40.9 Å². The van der Waals surface area contributed by atoms with Crippen LogP contribution in [-0.2, 0) is 14.3 Å². The summed E-state index contributed by atoms with van der Waals surface area (Å²) in [5, 5.41) is 53.3. The van der Waals surface area contributed by atoms with Crippen LogP contribution in [-0.4, -0.2) is 87.7 Å². The lowest BCUT2D eigenvalue weighted by molar-refractivity contribution is -0.150. The molecule has 10 nitrogen and oxygen atoms in total. The Morgan fingerprint density at radius 2 is 1.09 bits per heavy atom. The lowest BCUT2D eigenvalue weighted by atomic mass is 9.96. The molecule has 0 aromatic carbocycles. The van der Waals surface area contributed by atoms with E-state index in [1.165, 1.54) is 77.0 Å². The van der Waals surface area contributed by atoms with Crippen molar-refractivity contribution in [2.24, 2.45) is 5.92 Å². The molecule has 0 aliphatic rings. The predicted molar refractivity (Wildman–Crippen MR) is 170 cm³/mol. The first-order chi connectivity index (χ1) is 20.7. The molecule has 0 rings (SSSR count). The number of carbonyl (C=O) groups excluding carboxylic acids is 2. The monoisotopic (exact) mass is 618 g/mol. The fraction of sp³-hybridized carbons (Fsp3) is 0.939. The van der Waals surface area contributed by atoms with Gasteiger partial charge in [0.05, 0.1) is 6.61 Å². The molecule has 43 heavy (non-hydrogen) atoms. The first-order valence-corrected chi connectivity index (χ1v) is 17.2. The highest BCUT2D eigenvalue weighted by molar-refractivity contribution is 5.83. The van der Waals surface area contributed by atoms with Crippen molar-refractivity contribution in [2.45, 2.75) is 173 Å². The summed E-state index contributed by atoms with van der Waals surface area (Å²) in [5.74, 6) is -1.40. The van der Waals surface area contributed by atoms with Gasteiger partial charge in [0, 0.05) is 19.1 Å². The van der Waals surface area contributed by atoms with Crippen molar-refractivity contribution in [1.82, 2.24) is 10.6 Å². The van der Waals surface area contributed by atoms with Gasteiger partial charge in [-0.25, -0.2) is 0 Å². The molecule has 0 aliphatic carbocycles. The number of hydrogen-bond acceptors (Lipinski definition) is 8. The summed E-state index contributed by atoms with van der Waals surface area (Å²) in [4.78, 5) is 25.3. The van der Waals surface area contributed by atoms with Gasteiger partial charge in [0.25, 0.3) is 5.91 Å². The van der Waals surface area contributed by atoms with Crippen molar-refractivity contribution in [1.29, 1.82) is 0 Å². The van der Waals surface area contributed by atoms with Crippen LogP contribution < -0.4 is 10.6 Å². The molecule has 10 heteroatoms. The molecule has 0 aromatic heterocycles. The van der Waals surface area contributed by atoms with Gasteiger partial charge in [-0.2, -0.15) is 0 Å². The Bertz CT molecular complexity index is 669. The summed E-state index contributed by atoms with van der Waals surface area (Å²) in [6, 6.07) is 0. The van der Waals surface area contributed by atoms with E-state index >= 15 is 0 Å². The Morgan fingerprint density at radius 1 is 0.605 bits per heavy atom. The fourth-order valence-corrected chi connectivity index (χ4v) is 5.14. The number of hydrogen-bond donors (Lipinski definition) is 7. The molecule has 6 atom stereocenters. The van der Waals surface area contributed by atoms with Crippen LogP contribution in [0.2, 0.25) is 0 Å². The van der Waals surface area contributed by atoms with Crippen molar-refractivity contribution >= 4 is 11.8 Å². The first kappa shape index (κ1) is 41.7. The number of amides is 2. The fourth-order valence-electron chi connectivity index (χ4n) is 5.14.